The van der Waals surface area contributed by atoms with Gasteiger partial charge >= 0.3 is 0 Å². The lowest BCUT2D eigenvalue weighted by Crippen LogP contribution is -2.38. The Kier molecular flexibility index (Phi) is 4.74. The van der Waals surface area contributed by atoms with E-state index < -0.39 is 0 Å². The minimum Gasteiger partial charge on any atom is -0.326 e. The molecule has 5 heteroatoms. The summed E-state index contributed by atoms with van der Waals surface area (Å²) in [6.45, 7) is 3.05. The van der Waals surface area contributed by atoms with Crippen LogP contribution in [0.5, 0.6) is 0 Å². The van der Waals surface area contributed by atoms with Gasteiger partial charge in [-0.05, 0) is 24.9 Å². The molecule has 0 fully saturated rings. The van der Waals surface area contributed by atoms with E-state index in [1.54, 1.807) is 11.3 Å². The van der Waals surface area contributed by atoms with E-state index in [9.17, 15) is 0 Å². The normalized spacial score (nSPS) is 14.8. The third-order valence-corrected chi connectivity index (χ3v) is 4.26. The monoisotopic (exact) mass is 278 g/mol. The first-order valence-electron chi connectivity index (χ1n) is 6.58. The van der Waals surface area contributed by atoms with Crippen molar-refractivity contribution in [3.8, 4) is 0 Å². The second-order valence-electron chi connectivity index (χ2n) is 4.96. The van der Waals surface area contributed by atoms with Crippen LogP contribution in [0.3, 0.4) is 0 Å². The van der Waals surface area contributed by atoms with Crippen LogP contribution in [0.25, 0.3) is 0 Å². The maximum atomic E-state index is 6.31. The number of rotatable bonds is 6. The summed E-state index contributed by atoms with van der Waals surface area (Å²) >= 11 is 1.79. The third kappa shape index (κ3) is 3.43. The molecule has 0 spiro atoms. The fraction of sp³-hybridized carbons (Fsp3) is 0.500. The van der Waals surface area contributed by atoms with Crippen LogP contribution in [0, 0.1) is 0 Å². The van der Waals surface area contributed by atoms with E-state index in [4.69, 9.17) is 5.73 Å². The number of nitrogens with two attached hydrogens (primary N) is 1. The van der Waals surface area contributed by atoms with Crippen molar-refractivity contribution >= 4 is 11.3 Å². The molecule has 2 rings (SSSR count). The fourth-order valence-electron chi connectivity index (χ4n) is 2.39. The number of likely N-dealkylation sites (N-methyl/N-ethyl adjacent to an activating group) is 1. The molecule has 0 aromatic carbocycles. The summed E-state index contributed by atoms with van der Waals surface area (Å²) < 4.78 is 1.84. The Morgan fingerprint density at radius 3 is 2.84 bits per heavy atom. The Morgan fingerprint density at radius 1 is 1.53 bits per heavy atom. The molecule has 0 amide bonds. The zero-order chi connectivity index (χ0) is 13.8. The Bertz CT molecular complexity index is 491. The molecule has 0 aliphatic rings. The molecule has 2 aromatic heterocycles. The number of aromatic nitrogens is 2. The van der Waals surface area contributed by atoms with Gasteiger partial charge in [0.15, 0.2) is 0 Å². The topological polar surface area (TPSA) is 47.1 Å². The SMILES string of the molecule is CCC(N)C(c1cnn(C)c1)N(C)Cc1cccs1. The van der Waals surface area contributed by atoms with Crippen molar-refractivity contribution in [3.63, 3.8) is 0 Å². The van der Waals surface area contributed by atoms with Crippen LogP contribution in [0.4, 0.5) is 0 Å². The Balaban J connectivity index is 2.17. The van der Waals surface area contributed by atoms with E-state index in [0.717, 1.165) is 13.0 Å². The van der Waals surface area contributed by atoms with Gasteiger partial charge in [-0.25, -0.2) is 0 Å². The van der Waals surface area contributed by atoms with Gasteiger partial charge < -0.3 is 5.73 Å². The molecular formula is C14H22N4S. The molecule has 4 nitrogen and oxygen atoms in total. The predicted octanol–water partition coefficient (Wildman–Crippen LogP) is 2.39. The number of thiophene rings is 1. The first-order valence-corrected chi connectivity index (χ1v) is 7.46. The largest absolute Gasteiger partial charge is 0.326 e. The van der Waals surface area contributed by atoms with E-state index in [0.29, 0.717) is 0 Å². The fourth-order valence-corrected chi connectivity index (χ4v) is 3.16. The second-order valence-corrected chi connectivity index (χ2v) is 5.99. The first-order chi connectivity index (χ1) is 9.11. The Hall–Kier alpha value is -1.17. The van der Waals surface area contributed by atoms with Gasteiger partial charge in [0.25, 0.3) is 0 Å². The quantitative estimate of drug-likeness (QED) is 0.882. The molecule has 2 atom stereocenters. The van der Waals surface area contributed by atoms with E-state index in [-0.39, 0.29) is 12.1 Å². The average Bonchev–Trinajstić information content (AvgIpc) is 3.01. The van der Waals surface area contributed by atoms with Gasteiger partial charge in [-0.2, -0.15) is 5.10 Å². The molecule has 104 valence electrons. The molecule has 2 heterocycles. The molecule has 2 unspecified atom stereocenters. The second kappa shape index (κ2) is 6.32. The lowest BCUT2D eigenvalue weighted by atomic mass is 9.99. The van der Waals surface area contributed by atoms with Crippen LogP contribution in [0.15, 0.2) is 29.9 Å². The lowest BCUT2D eigenvalue weighted by molar-refractivity contribution is 0.203. The summed E-state index contributed by atoms with van der Waals surface area (Å²) in [7, 11) is 4.07. The van der Waals surface area contributed by atoms with Crippen LogP contribution < -0.4 is 5.73 Å². The summed E-state index contributed by atoms with van der Waals surface area (Å²) in [6.07, 6.45) is 4.94. The third-order valence-electron chi connectivity index (χ3n) is 3.40. The van der Waals surface area contributed by atoms with Crippen molar-refractivity contribution in [3.05, 3.63) is 40.3 Å². The number of hydrogen-bond donors (Lipinski definition) is 1. The number of nitrogens with zero attached hydrogens (tertiary/aromatic N) is 3. The van der Waals surface area contributed by atoms with E-state index >= 15 is 0 Å². The maximum absolute atomic E-state index is 6.31. The summed E-state index contributed by atoms with van der Waals surface area (Å²) in [4.78, 5) is 3.68. The van der Waals surface area contributed by atoms with Crippen molar-refractivity contribution in [1.82, 2.24) is 14.7 Å². The van der Waals surface area contributed by atoms with Crippen LogP contribution in [-0.2, 0) is 13.6 Å². The zero-order valence-electron chi connectivity index (χ0n) is 11.8. The van der Waals surface area contributed by atoms with Crippen molar-refractivity contribution in [2.24, 2.45) is 12.8 Å². The minimum absolute atomic E-state index is 0.120. The molecule has 19 heavy (non-hydrogen) atoms. The van der Waals surface area contributed by atoms with Crippen molar-refractivity contribution in [2.75, 3.05) is 7.05 Å². The van der Waals surface area contributed by atoms with Gasteiger partial charge in [-0.3, -0.25) is 9.58 Å². The maximum Gasteiger partial charge on any atom is 0.0538 e. The average molecular weight is 278 g/mol. The molecule has 0 bridgehead atoms. The minimum atomic E-state index is 0.120. The molecular weight excluding hydrogens is 256 g/mol. The standard InChI is InChI=1S/C14H22N4S/c1-4-13(15)14(11-8-16-18(3)9-11)17(2)10-12-6-5-7-19-12/h5-9,13-14H,4,10,15H2,1-3H3. The molecule has 2 N–H and O–H groups in total. The van der Waals surface area contributed by atoms with E-state index in [2.05, 4.69) is 47.7 Å². The van der Waals surface area contributed by atoms with Crippen LogP contribution >= 0.6 is 11.3 Å². The lowest BCUT2D eigenvalue weighted by Gasteiger charge is -2.31. The van der Waals surface area contributed by atoms with Gasteiger partial charge in [0.2, 0.25) is 0 Å². The van der Waals surface area contributed by atoms with Gasteiger partial charge in [-0.15, -0.1) is 11.3 Å². The summed E-state index contributed by atoms with van der Waals surface area (Å²) in [6, 6.07) is 4.58. The Morgan fingerprint density at radius 2 is 2.32 bits per heavy atom. The molecule has 0 aliphatic heterocycles. The number of aryl methyl sites for hydroxylation is 1. The van der Waals surface area contributed by atoms with E-state index in [1.165, 1.54) is 10.4 Å². The van der Waals surface area contributed by atoms with E-state index in [1.807, 2.05) is 17.9 Å². The van der Waals surface area contributed by atoms with Gasteiger partial charge in [0, 0.05) is 36.3 Å². The molecule has 2 aromatic rings. The summed E-state index contributed by atoms with van der Waals surface area (Å²) in [5.41, 5.74) is 7.50. The molecule has 0 saturated carbocycles. The smallest absolute Gasteiger partial charge is 0.0538 e. The van der Waals surface area contributed by atoms with Crippen LogP contribution in [0.2, 0.25) is 0 Å². The number of hydrogen-bond acceptors (Lipinski definition) is 4. The predicted molar refractivity (Wildman–Crippen MR) is 80.0 cm³/mol. The molecule has 0 radical (unpaired) electrons. The van der Waals surface area contributed by atoms with Crippen molar-refractivity contribution in [2.45, 2.75) is 32.0 Å². The zero-order valence-corrected chi connectivity index (χ0v) is 12.6. The Labute approximate surface area is 118 Å². The van der Waals surface area contributed by atoms with Gasteiger partial charge in [0.05, 0.1) is 12.2 Å². The molecule has 0 aliphatic carbocycles. The first kappa shape index (κ1) is 14.2. The van der Waals surface area contributed by atoms with Crippen molar-refractivity contribution < 1.29 is 0 Å². The van der Waals surface area contributed by atoms with Gasteiger partial charge in [0.1, 0.15) is 0 Å². The van der Waals surface area contributed by atoms with Crippen molar-refractivity contribution in [1.29, 1.82) is 0 Å². The summed E-state index contributed by atoms with van der Waals surface area (Å²) in [5.74, 6) is 0. The highest BCUT2D eigenvalue weighted by atomic mass is 32.1. The molecule has 0 saturated heterocycles. The highest BCUT2D eigenvalue weighted by Crippen LogP contribution is 2.26. The van der Waals surface area contributed by atoms with Gasteiger partial charge in [-0.1, -0.05) is 13.0 Å². The van der Waals surface area contributed by atoms with Crippen LogP contribution in [0.1, 0.15) is 29.8 Å². The van der Waals surface area contributed by atoms with Crippen LogP contribution in [-0.4, -0.2) is 27.8 Å². The summed E-state index contributed by atoms with van der Waals surface area (Å²) in [5, 5.41) is 6.38. The highest BCUT2D eigenvalue weighted by Gasteiger charge is 2.24. The highest BCUT2D eigenvalue weighted by molar-refractivity contribution is 7.09.